The topological polar surface area (TPSA) is 372 Å². The van der Waals surface area contributed by atoms with Gasteiger partial charge in [0.05, 0.1) is 68.3 Å². The SMILES string of the molecule is Clc1cccc(Cl)c1-c1noc(C2CC2)c1COC1CC2CC[C@@H](C1)N2.Nc1cccc(-c2nn[nH]n2)c1.O=C(Nc1cccc(-c2nn[nH]n2)c1)N1C2CC[C@H]1CC(OCc1c(-c3c(Cl)cccc3Cl)noc1C1CC1)C2.O=C(Nc1cccc(-c2nn[nH]n2)c1)N1C2CC[C@H]1CC(OCc1c(-c3c(Cl)cccc3Cl)noc1C1CC1)C2.[2H]CI. The fraction of sp³-hybridized carbons (Fsp3) is 0.405. The molecule has 6 aromatic carbocycles. The Morgan fingerprint density at radius 3 is 1.07 bits per heavy atom. The van der Waals surface area contributed by atoms with E-state index in [1.807, 2.05) is 129 Å². The average Bonchev–Trinajstić information content (AvgIpc) is 1.64. The number of piperidine rings is 3. The number of nitrogen functional groups attached to an aromatic ring is 1. The average molecular weight is 1860 g/mol. The molecule has 9 fully saturated rings. The smallest absolute Gasteiger partial charge is 0.322 e. The Bertz CT molecular complexity index is 5240. The third-order valence-corrected chi connectivity index (χ3v) is 25.4. The van der Waals surface area contributed by atoms with Crippen LogP contribution in [0.15, 0.2) is 141 Å². The number of nitrogens with two attached hydrogens (primary N) is 1. The number of ether oxygens (including phenoxy) is 3. The number of carbonyl (C=O) groups excluding carboxylic acids is 2. The molecule has 6 aliphatic heterocycles. The van der Waals surface area contributed by atoms with E-state index < -0.39 is 0 Å². The highest BCUT2D eigenvalue weighted by Crippen LogP contribution is 2.51. The van der Waals surface area contributed by atoms with Gasteiger partial charge in [-0.3, -0.25) is 0 Å². The summed E-state index contributed by atoms with van der Waals surface area (Å²) in [7, 11) is 0. The van der Waals surface area contributed by atoms with Crippen LogP contribution >= 0.6 is 92.2 Å². The number of urea groups is 2. The first-order valence-electron chi connectivity index (χ1n) is 41.0. The molecule has 624 valence electrons. The van der Waals surface area contributed by atoms with Gasteiger partial charge in [-0.05, 0) is 209 Å². The first-order chi connectivity index (χ1) is 59.1. The van der Waals surface area contributed by atoms with Gasteiger partial charge in [-0.2, -0.15) is 15.6 Å². The normalized spacial score (nSPS) is 21.9. The fourth-order valence-electron chi connectivity index (χ4n) is 17.5. The lowest BCUT2D eigenvalue weighted by atomic mass is 9.99. The number of alkyl halides is 1. The van der Waals surface area contributed by atoms with E-state index in [2.05, 4.69) is 93.3 Å². The highest BCUT2D eigenvalue weighted by Gasteiger charge is 2.47. The van der Waals surface area contributed by atoms with Crippen molar-refractivity contribution < 1.29 is 38.7 Å². The summed E-state index contributed by atoms with van der Waals surface area (Å²) in [5, 5.41) is 67.9. The number of fused-ring (bicyclic) bond motifs is 6. The molecule has 3 aliphatic carbocycles. The molecule has 29 nitrogen and oxygen atoms in total. The number of anilines is 3. The predicted molar refractivity (Wildman–Crippen MR) is 464 cm³/mol. The fourth-order valence-corrected chi connectivity index (χ4v) is 19.2. The van der Waals surface area contributed by atoms with Gasteiger partial charge in [0.25, 0.3) is 0 Å². The van der Waals surface area contributed by atoms with Crippen LogP contribution in [-0.4, -0.2) is 159 Å². The molecule has 9 atom stereocenters. The Morgan fingerprint density at radius 2 is 0.758 bits per heavy atom. The van der Waals surface area contributed by atoms with Gasteiger partial charge in [-0.1, -0.05) is 162 Å². The van der Waals surface area contributed by atoms with Crippen LogP contribution in [0.3, 0.4) is 0 Å². The third kappa shape index (κ3) is 19.0. The van der Waals surface area contributed by atoms with Crippen LogP contribution in [0.5, 0.6) is 0 Å². The Labute approximate surface area is 735 Å². The van der Waals surface area contributed by atoms with Crippen LogP contribution < -0.4 is 21.7 Å². The summed E-state index contributed by atoms with van der Waals surface area (Å²) in [5.74, 6) is 5.39. The van der Waals surface area contributed by atoms with Crippen molar-refractivity contribution in [1.29, 1.82) is 0 Å². The number of rotatable bonds is 20. The van der Waals surface area contributed by atoms with Crippen LogP contribution in [0.4, 0.5) is 26.7 Å². The van der Waals surface area contributed by atoms with Crippen LogP contribution in [0.2, 0.25) is 30.1 Å². The van der Waals surface area contributed by atoms with Gasteiger partial charge in [-0.15, -0.1) is 30.6 Å². The summed E-state index contributed by atoms with van der Waals surface area (Å²) >= 11 is 40.8. The monoisotopic (exact) mass is 1850 g/mol. The van der Waals surface area contributed by atoms with Crippen molar-refractivity contribution >= 4 is 121 Å². The summed E-state index contributed by atoms with van der Waals surface area (Å²) in [6.07, 6.45) is 18.6. The number of aromatic amines is 3. The Balaban J connectivity index is 0.000000121. The maximum Gasteiger partial charge on any atom is 0.322 e. The molecular formula is C84H86Cl6IN21O8. The molecule has 0 radical (unpaired) electrons. The molecule has 12 heterocycles. The summed E-state index contributed by atoms with van der Waals surface area (Å²) in [6.45, 7) is 1.24. The van der Waals surface area contributed by atoms with Crippen LogP contribution in [-0.2, 0) is 34.0 Å². The van der Waals surface area contributed by atoms with Gasteiger partial charge < -0.3 is 59.3 Å². The number of benzene rings is 6. The van der Waals surface area contributed by atoms with Crippen molar-refractivity contribution in [3.8, 4) is 67.9 Å². The van der Waals surface area contributed by atoms with E-state index in [1.54, 1.807) is 30.3 Å². The lowest BCUT2D eigenvalue weighted by Crippen LogP contribution is -2.50. The van der Waals surface area contributed by atoms with Crippen molar-refractivity contribution in [1.82, 2.24) is 92.5 Å². The number of carbonyl (C=O) groups is 2. The quantitative estimate of drug-likeness (QED) is 0.0212. The highest BCUT2D eigenvalue weighted by atomic mass is 127. The Hall–Kier alpha value is -9.19. The van der Waals surface area contributed by atoms with Crippen molar-refractivity contribution in [3.63, 3.8) is 0 Å². The van der Waals surface area contributed by atoms with Gasteiger partial charge in [0.2, 0.25) is 17.5 Å². The largest absolute Gasteiger partial charge is 0.399 e. The number of H-pyrrole nitrogens is 3. The number of tetrazole rings is 3. The molecule has 6 saturated heterocycles. The number of aromatic nitrogens is 15. The Kier molecular flexibility index (Phi) is 25.7. The molecule has 21 rings (SSSR count). The van der Waals surface area contributed by atoms with E-state index in [0.29, 0.717) is 148 Å². The van der Waals surface area contributed by atoms with Gasteiger partial charge in [0.15, 0.2) is 0 Å². The molecule has 6 unspecified atom stereocenters. The lowest BCUT2D eigenvalue weighted by molar-refractivity contribution is -0.0161. The summed E-state index contributed by atoms with van der Waals surface area (Å²) in [6, 6.07) is 40.1. The molecule has 36 heteroatoms. The first-order valence-corrected chi connectivity index (χ1v) is 44.1. The number of hydrogen-bond donors (Lipinski definition) is 7. The molecule has 120 heavy (non-hydrogen) atoms. The predicted octanol–water partition coefficient (Wildman–Crippen LogP) is 19.7. The highest BCUT2D eigenvalue weighted by molar-refractivity contribution is 14.1. The van der Waals surface area contributed by atoms with Gasteiger partial charge in [0, 0.05) is 123 Å². The number of nitrogens with zero attached hydrogens (tertiary/aromatic N) is 14. The van der Waals surface area contributed by atoms with Crippen LogP contribution in [0.25, 0.3) is 67.9 Å². The molecule has 12 aromatic rings. The number of halogens is 7. The first kappa shape index (κ1) is 81.8. The number of amides is 4. The zero-order chi connectivity index (χ0) is 83.2. The minimum absolute atomic E-state index is 0.0274. The second kappa shape index (κ2) is 37.7. The van der Waals surface area contributed by atoms with E-state index >= 15 is 0 Å². The van der Waals surface area contributed by atoms with E-state index in [-0.39, 0.29) is 48.4 Å². The third-order valence-electron chi connectivity index (χ3n) is 23.5. The van der Waals surface area contributed by atoms with Crippen molar-refractivity contribution in [2.45, 2.75) is 208 Å². The van der Waals surface area contributed by atoms with Crippen molar-refractivity contribution in [2.75, 3.05) is 21.3 Å². The molecule has 6 bridgehead atoms. The van der Waals surface area contributed by atoms with Crippen molar-refractivity contribution in [2.24, 2.45) is 0 Å². The van der Waals surface area contributed by atoms with Crippen molar-refractivity contribution in [3.05, 3.63) is 192 Å². The second-order valence-corrected chi connectivity index (χ2v) is 34.0. The summed E-state index contributed by atoms with van der Waals surface area (Å²) in [4.78, 5) is 31.1. The van der Waals surface area contributed by atoms with E-state index in [1.165, 1.54) is 12.8 Å². The van der Waals surface area contributed by atoms with E-state index in [0.717, 1.165) is 165 Å². The molecule has 6 aromatic heterocycles. The van der Waals surface area contributed by atoms with Gasteiger partial charge in [0.1, 0.15) is 34.4 Å². The van der Waals surface area contributed by atoms with Gasteiger partial charge in [-0.25, -0.2) is 9.59 Å². The minimum Gasteiger partial charge on any atom is -0.399 e. The number of nitrogens with one attached hydrogen (secondary N) is 6. The van der Waals surface area contributed by atoms with E-state index in [9.17, 15) is 9.59 Å². The minimum atomic E-state index is -0.0955. The molecule has 4 amide bonds. The maximum atomic E-state index is 13.3. The van der Waals surface area contributed by atoms with Crippen LogP contribution in [0.1, 0.15) is 169 Å². The molecule has 0 spiro atoms. The molecule has 3 saturated carbocycles. The molecule has 9 aliphatic rings. The number of hydrogen-bond acceptors (Lipinski definition) is 22. The van der Waals surface area contributed by atoms with E-state index in [4.69, 9.17) is 104 Å². The zero-order valence-electron chi connectivity index (χ0n) is 65.9. The van der Waals surface area contributed by atoms with Crippen LogP contribution in [0, 0.1) is 0 Å². The van der Waals surface area contributed by atoms with Gasteiger partial charge >= 0.3 is 12.1 Å². The second-order valence-electron chi connectivity index (χ2n) is 31.5. The lowest BCUT2D eigenvalue weighted by Gasteiger charge is -2.38. The molecule has 8 N–H and O–H groups in total. The Morgan fingerprint density at radius 1 is 0.450 bits per heavy atom. The standard InChI is InChI=1S/2C28H27Cl2N7O3.C20H22Cl2N2O2.C7H7N5.CH3I/c2*29-22-5-2-6-23(30)24(22)25-21(26(40-34-25)15-7-8-15)14-39-20-12-18-9-10-19(13-20)37(18)28(38)31-17-4-1-3-16(11-17)27-32-35-36-33-27;21-16-2-1-3-17(22)18(16)19-15(20(26-24-19)11-4-5-11)10-25-14-8-12-6-7-13(9-14)23-12;8-6-3-1-2-5(4-6)7-9-11-12-10-7;1-2/h2*1-6,11,15,18-20H,7-10,12-14H2,(H,31,38)(H,32,33,35,36);1-3,11-14,23H,4-10H2;1-4H,8H2,(H,9,10,11,12);1H3/t2*18-,19?,20?;12-,13?,14?;;/m000../s1/i;;;;1D. The summed E-state index contributed by atoms with van der Waals surface area (Å²) < 4.78 is 42.9. The molecular weight excluding hydrogens is 1770 g/mol. The summed E-state index contributed by atoms with van der Waals surface area (Å²) in [5.41, 5.74) is 17.1. The maximum absolute atomic E-state index is 13.3. The zero-order valence-corrected chi connectivity index (χ0v) is 71.6.